The van der Waals surface area contributed by atoms with Crippen LogP contribution in [0, 0.1) is 0 Å². The largest absolute Gasteiger partial charge is 0.385 e. The molecule has 0 aliphatic carbocycles. The van der Waals surface area contributed by atoms with Crippen LogP contribution in [0.3, 0.4) is 0 Å². The summed E-state index contributed by atoms with van der Waals surface area (Å²) in [5.74, 6) is 0. The molecular formula is C15H26N2O3S. The number of rotatable bonds is 8. The lowest BCUT2D eigenvalue weighted by atomic mass is 10.1. The number of methoxy groups -OCH3 is 1. The molecule has 1 aromatic carbocycles. The van der Waals surface area contributed by atoms with Crippen molar-refractivity contribution in [3.8, 4) is 0 Å². The topological polar surface area (TPSA) is 58.6 Å². The van der Waals surface area contributed by atoms with Crippen molar-refractivity contribution < 1.29 is 13.2 Å². The van der Waals surface area contributed by atoms with Gasteiger partial charge in [-0.1, -0.05) is 12.1 Å². The minimum Gasteiger partial charge on any atom is -0.385 e. The van der Waals surface area contributed by atoms with E-state index in [9.17, 15) is 8.42 Å². The molecule has 120 valence electrons. The highest BCUT2D eigenvalue weighted by atomic mass is 32.2. The summed E-state index contributed by atoms with van der Waals surface area (Å²) in [6, 6.07) is 7.53. The predicted octanol–water partition coefficient (Wildman–Crippen LogP) is 2.01. The van der Waals surface area contributed by atoms with E-state index >= 15 is 0 Å². The van der Waals surface area contributed by atoms with E-state index in [1.54, 1.807) is 19.2 Å². The first-order valence-electron chi connectivity index (χ1n) is 7.06. The van der Waals surface area contributed by atoms with Crippen LogP contribution in [-0.4, -0.2) is 46.6 Å². The first-order chi connectivity index (χ1) is 9.78. The molecule has 1 aromatic rings. The van der Waals surface area contributed by atoms with Gasteiger partial charge in [0.2, 0.25) is 10.0 Å². The third-order valence-electron chi connectivity index (χ3n) is 3.45. The van der Waals surface area contributed by atoms with E-state index in [0.29, 0.717) is 10.9 Å². The number of hydrogen-bond acceptors (Lipinski definition) is 4. The minimum atomic E-state index is -3.36. The molecule has 6 heteroatoms. The maximum atomic E-state index is 12.0. The Morgan fingerprint density at radius 2 is 1.76 bits per heavy atom. The van der Waals surface area contributed by atoms with Gasteiger partial charge in [-0.3, -0.25) is 0 Å². The zero-order valence-electron chi connectivity index (χ0n) is 13.5. The number of hydrogen-bond donors (Lipinski definition) is 1. The number of ether oxygens (including phenoxy) is 1. The van der Waals surface area contributed by atoms with E-state index in [0.717, 1.165) is 18.6 Å². The Kier molecular flexibility index (Phi) is 6.80. The average molecular weight is 314 g/mol. The van der Waals surface area contributed by atoms with Gasteiger partial charge in [-0.2, -0.15) is 0 Å². The van der Waals surface area contributed by atoms with Crippen molar-refractivity contribution in [2.24, 2.45) is 0 Å². The summed E-state index contributed by atoms with van der Waals surface area (Å²) in [5, 5.41) is 3.47. The lowest BCUT2D eigenvalue weighted by Crippen LogP contribution is -2.30. The Balaban J connectivity index is 2.74. The van der Waals surface area contributed by atoms with Gasteiger partial charge in [0.25, 0.3) is 0 Å². The molecule has 0 bridgehead atoms. The second-order valence-corrected chi connectivity index (χ2v) is 7.58. The summed E-state index contributed by atoms with van der Waals surface area (Å²) in [6.45, 7) is 4.90. The zero-order valence-corrected chi connectivity index (χ0v) is 14.3. The summed E-state index contributed by atoms with van der Waals surface area (Å²) in [7, 11) is 1.40. The van der Waals surface area contributed by atoms with E-state index in [1.165, 1.54) is 18.4 Å². The smallest absolute Gasteiger partial charge is 0.242 e. The predicted molar refractivity (Wildman–Crippen MR) is 84.8 cm³/mol. The van der Waals surface area contributed by atoms with Crippen LogP contribution in [-0.2, 0) is 14.8 Å². The van der Waals surface area contributed by atoms with Crippen molar-refractivity contribution in [1.82, 2.24) is 9.62 Å². The number of nitrogens with one attached hydrogen (secondary N) is 1. The van der Waals surface area contributed by atoms with Crippen LogP contribution in [0.1, 0.15) is 31.9 Å². The molecular weight excluding hydrogens is 288 g/mol. The van der Waals surface area contributed by atoms with Crippen LogP contribution < -0.4 is 5.32 Å². The van der Waals surface area contributed by atoms with Gasteiger partial charge < -0.3 is 10.1 Å². The van der Waals surface area contributed by atoms with E-state index in [-0.39, 0.29) is 6.04 Å². The van der Waals surface area contributed by atoms with Crippen LogP contribution in [0.2, 0.25) is 0 Å². The molecule has 2 atom stereocenters. The summed E-state index contributed by atoms with van der Waals surface area (Å²) in [4.78, 5) is 0.316. The van der Waals surface area contributed by atoms with Crippen LogP contribution in [0.25, 0.3) is 0 Å². The molecule has 0 aromatic heterocycles. The number of benzene rings is 1. The van der Waals surface area contributed by atoms with Gasteiger partial charge in [0.05, 0.1) is 4.90 Å². The van der Waals surface area contributed by atoms with Gasteiger partial charge in [-0.25, -0.2) is 12.7 Å². The van der Waals surface area contributed by atoms with Crippen molar-refractivity contribution >= 4 is 10.0 Å². The molecule has 0 aliphatic rings. The first kappa shape index (κ1) is 18.1. The average Bonchev–Trinajstić information content (AvgIpc) is 2.45. The molecule has 0 amide bonds. The van der Waals surface area contributed by atoms with E-state index in [1.807, 2.05) is 12.1 Å². The Hall–Kier alpha value is -0.950. The van der Waals surface area contributed by atoms with Crippen LogP contribution in [0.5, 0.6) is 0 Å². The molecule has 0 saturated heterocycles. The van der Waals surface area contributed by atoms with Crippen LogP contribution >= 0.6 is 0 Å². The van der Waals surface area contributed by atoms with E-state index in [2.05, 4.69) is 19.2 Å². The summed E-state index contributed by atoms with van der Waals surface area (Å²) < 4.78 is 30.3. The molecule has 21 heavy (non-hydrogen) atoms. The van der Waals surface area contributed by atoms with Crippen molar-refractivity contribution in [2.45, 2.75) is 37.2 Å². The maximum Gasteiger partial charge on any atom is 0.242 e. The second-order valence-electron chi connectivity index (χ2n) is 5.43. The number of nitrogens with zero attached hydrogens (tertiary/aromatic N) is 1. The van der Waals surface area contributed by atoms with Crippen molar-refractivity contribution in [3.63, 3.8) is 0 Å². The van der Waals surface area contributed by atoms with E-state index in [4.69, 9.17) is 4.74 Å². The normalized spacial score (nSPS) is 15.1. The van der Waals surface area contributed by atoms with E-state index < -0.39 is 10.0 Å². The van der Waals surface area contributed by atoms with Gasteiger partial charge >= 0.3 is 0 Å². The summed E-state index contributed by atoms with van der Waals surface area (Å²) in [5.41, 5.74) is 1.07. The molecule has 2 unspecified atom stereocenters. The lowest BCUT2D eigenvalue weighted by Gasteiger charge is -2.20. The minimum absolute atomic E-state index is 0.160. The van der Waals surface area contributed by atoms with Gasteiger partial charge in [0, 0.05) is 39.9 Å². The molecule has 0 saturated carbocycles. The summed E-state index contributed by atoms with van der Waals surface area (Å²) >= 11 is 0. The molecule has 0 aliphatic heterocycles. The highest BCUT2D eigenvalue weighted by molar-refractivity contribution is 7.89. The second kappa shape index (κ2) is 7.89. The molecule has 0 radical (unpaired) electrons. The molecule has 0 heterocycles. The van der Waals surface area contributed by atoms with Gasteiger partial charge in [-0.05, 0) is 38.0 Å². The van der Waals surface area contributed by atoms with Crippen LogP contribution in [0.15, 0.2) is 29.2 Å². The third kappa shape index (κ3) is 5.07. The first-order valence-corrected chi connectivity index (χ1v) is 8.50. The standard InChI is InChI=1S/C15H26N2O3S/c1-12(10-11-20-5)16-13(2)14-6-8-15(9-7-14)21(18,19)17(3)4/h6-9,12-13,16H,10-11H2,1-5H3. The molecule has 0 fully saturated rings. The maximum absolute atomic E-state index is 12.0. The monoisotopic (exact) mass is 314 g/mol. The lowest BCUT2D eigenvalue weighted by molar-refractivity contribution is 0.183. The van der Waals surface area contributed by atoms with Gasteiger partial charge in [0.15, 0.2) is 0 Å². The molecule has 1 N–H and O–H groups in total. The van der Waals surface area contributed by atoms with Crippen molar-refractivity contribution in [1.29, 1.82) is 0 Å². The highest BCUT2D eigenvalue weighted by Gasteiger charge is 2.17. The van der Waals surface area contributed by atoms with Gasteiger partial charge in [0.1, 0.15) is 0 Å². The Bertz CT molecular complexity index is 526. The Morgan fingerprint density at radius 1 is 1.19 bits per heavy atom. The zero-order chi connectivity index (χ0) is 16.0. The Morgan fingerprint density at radius 3 is 2.24 bits per heavy atom. The Labute approximate surface area is 128 Å². The fourth-order valence-electron chi connectivity index (χ4n) is 2.04. The highest BCUT2D eigenvalue weighted by Crippen LogP contribution is 2.18. The third-order valence-corrected chi connectivity index (χ3v) is 5.28. The quantitative estimate of drug-likeness (QED) is 0.797. The van der Waals surface area contributed by atoms with Crippen LogP contribution in [0.4, 0.5) is 0 Å². The SMILES string of the molecule is COCCC(C)NC(C)c1ccc(S(=O)(=O)N(C)C)cc1. The fraction of sp³-hybridized carbons (Fsp3) is 0.600. The van der Waals surface area contributed by atoms with Gasteiger partial charge in [-0.15, -0.1) is 0 Å². The van der Waals surface area contributed by atoms with Crippen molar-refractivity contribution in [3.05, 3.63) is 29.8 Å². The van der Waals surface area contributed by atoms with Crippen molar-refractivity contribution in [2.75, 3.05) is 27.8 Å². The molecule has 5 nitrogen and oxygen atoms in total. The molecule has 0 spiro atoms. The number of sulfonamides is 1. The molecule has 1 rings (SSSR count). The fourth-order valence-corrected chi connectivity index (χ4v) is 2.94. The summed E-state index contributed by atoms with van der Waals surface area (Å²) in [6.07, 6.45) is 0.938.